The molecule has 0 saturated carbocycles. The van der Waals surface area contributed by atoms with Crippen LogP contribution in [-0.4, -0.2) is 130 Å². The number of carbonyl (C=O) groups is 8. The van der Waals surface area contributed by atoms with Crippen molar-refractivity contribution in [2.75, 3.05) is 45.8 Å². The molecule has 424 valence electrons. The lowest BCUT2D eigenvalue weighted by Gasteiger charge is -2.31. The number of pyridine rings is 2. The number of carbonyl (C=O) groups excluding carboxylic acids is 8. The number of aromatic nitrogens is 2. The molecule has 7 N–H and O–H groups in total. The summed E-state index contributed by atoms with van der Waals surface area (Å²) in [5.74, 6) is -4.83. The number of hydrogen-bond acceptors (Lipinski definition) is 15. The normalized spacial score (nSPS) is 16.6. The summed E-state index contributed by atoms with van der Waals surface area (Å²) in [6, 6.07) is 10.0. The fourth-order valence-corrected chi connectivity index (χ4v) is 9.94. The van der Waals surface area contributed by atoms with Gasteiger partial charge < -0.3 is 55.8 Å². The second kappa shape index (κ2) is 24.5. The maximum Gasteiger partial charge on any atom is 0.407 e. The number of halogens is 1. The van der Waals surface area contributed by atoms with Gasteiger partial charge in [0.05, 0.1) is 61.2 Å². The van der Waals surface area contributed by atoms with E-state index in [4.69, 9.17) is 19.2 Å². The van der Waals surface area contributed by atoms with Crippen LogP contribution in [0, 0.1) is 12.7 Å². The number of benzene rings is 2. The van der Waals surface area contributed by atoms with Crippen molar-refractivity contribution in [1.82, 2.24) is 46.4 Å². The lowest BCUT2D eigenvalue weighted by molar-refractivity contribution is -0.172. The van der Waals surface area contributed by atoms with E-state index < -0.39 is 95.0 Å². The summed E-state index contributed by atoms with van der Waals surface area (Å²) in [4.78, 5) is 124. The van der Waals surface area contributed by atoms with Gasteiger partial charge in [0.25, 0.3) is 5.56 Å². The maximum absolute atomic E-state index is 15.4. The quantitative estimate of drug-likeness (QED) is 0.0316. The second-order valence-corrected chi connectivity index (χ2v) is 22.0. The van der Waals surface area contributed by atoms with Crippen molar-refractivity contribution in [2.45, 2.75) is 136 Å². The molecule has 3 atom stereocenters. The van der Waals surface area contributed by atoms with Crippen molar-refractivity contribution in [3.05, 3.63) is 97.6 Å². The number of cyclic esters (lactones) is 1. The van der Waals surface area contributed by atoms with Crippen LogP contribution in [0.3, 0.4) is 0 Å². The SMILES string of the molecule is CC[C@@]1(O)C(=O)OCc2c1cc1n(c2=O)Cc2c-1nc1cc(F)c(C)c3c1c2[C@@H](NC(=O)CCCNC(=O)CNC(=O)[C@H](Cc1ccccc1)NC(=O)CNC(=O)CN(CCNC(=O)OC(C)(C)C)CC(=O)OC(C)(C)C)CC3. The summed E-state index contributed by atoms with van der Waals surface area (Å²) < 4.78 is 32.8. The van der Waals surface area contributed by atoms with Crippen molar-refractivity contribution in [3.8, 4) is 11.4 Å². The Bertz CT molecular complexity index is 3110. The fraction of sp³-hybridized carbons (Fsp3) is 0.500. The standard InChI is InChI=1S/C56H70FN9O13/c1-9-56(76)36-23-41-49-34(27-66(41)51(73)35(36)30-77-52(56)74)48-38(18-17-33-31(2)37(57)24-39(64-49)47(33)48)62-42(67)16-13-19-58-43(68)25-61-50(72)40(22-32-14-11-10-12-15-32)63-44(69)26-60-45(70)28-65(29-46(71)78-54(3,4)5)21-20-59-53(75)79-55(6,7)8/h10-12,14-15,23-24,38,40,76H,9,13,16-22,25-30H2,1-8H3,(H,58,68)(H,59,75)(H,60,70)(H,61,72)(H,62,67)(H,63,69)/t38-,40-,56-/m0/s1. The fourth-order valence-electron chi connectivity index (χ4n) is 9.94. The van der Waals surface area contributed by atoms with E-state index in [-0.39, 0.29) is 88.6 Å². The number of aliphatic hydroxyl groups is 1. The Morgan fingerprint density at radius 2 is 1.58 bits per heavy atom. The highest BCUT2D eigenvalue weighted by molar-refractivity contribution is 5.95. The van der Waals surface area contributed by atoms with Crippen molar-refractivity contribution in [2.24, 2.45) is 0 Å². The summed E-state index contributed by atoms with van der Waals surface area (Å²) in [5.41, 5.74) is 0.596. The Labute approximate surface area is 456 Å². The van der Waals surface area contributed by atoms with Crippen LogP contribution in [0.2, 0.25) is 0 Å². The summed E-state index contributed by atoms with van der Waals surface area (Å²) >= 11 is 0. The van der Waals surface area contributed by atoms with E-state index in [0.29, 0.717) is 57.4 Å². The molecule has 0 bridgehead atoms. The van der Waals surface area contributed by atoms with Crippen molar-refractivity contribution in [3.63, 3.8) is 0 Å². The summed E-state index contributed by atoms with van der Waals surface area (Å²) in [5, 5.41) is 28.2. The molecule has 0 unspecified atom stereocenters. The molecule has 3 aliphatic rings. The minimum atomic E-state index is -2.04. The number of esters is 2. The van der Waals surface area contributed by atoms with Crippen molar-refractivity contribution < 1.29 is 62.1 Å². The Morgan fingerprint density at radius 1 is 0.873 bits per heavy atom. The Morgan fingerprint density at radius 3 is 2.28 bits per heavy atom. The number of amides is 6. The van der Waals surface area contributed by atoms with Crippen LogP contribution in [0.4, 0.5) is 9.18 Å². The molecule has 22 nitrogen and oxygen atoms in total. The number of alkyl carbamates (subject to hydrolysis) is 1. The number of rotatable bonds is 21. The van der Waals surface area contributed by atoms with E-state index in [1.54, 1.807) is 91.8 Å². The first-order valence-corrected chi connectivity index (χ1v) is 26.4. The molecule has 6 amide bonds. The minimum absolute atomic E-state index is 0.000307. The summed E-state index contributed by atoms with van der Waals surface area (Å²) in [7, 11) is 0. The molecule has 2 aromatic carbocycles. The maximum atomic E-state index is 15.4. The smallest absolute Gasteiger partial charge is 0.407 e. The van der Waals surface area contributed by atoms with Gasteiger partial charge in [0.1, 0.15) is 29.7 Å². The van der Waals surface area contributed by atoms with Gasteiger partial charge in [0.2, 0.25) is 29.5 Å². The summed E-state index contributed by atoms with van der Waals surface area (Å²) in [6.45, 7) is 11.8. The Balaban J connectivity index is 0.923. The molecule has 1 aliphatic carbocycles. The minimum Gasteiger partial charge on any atom is -0.459 e. The molecule has 0 radical (unpaired) electrons. The van der Waals surface area contributed by atoms with Gasteiger partial charge in [-0.05, 0) is 102 Å². The van der Waals surface area contributed by atoms with Gasteiger partial charge in [-0.3, -0.25) is 38.5 Å². The number of fused-ring (bicyclic) bond motifs is 5. The Hall–Kier alpha value is -7.79. The van der Waals surface area contributed by atoms with Gasteiger partial charge in [0, 0.05) is 55.1 Å². The second-order valence-electron chi connectivity index (χ2n) is 22.0. The molecule has 0 spiro atoms. The Kier molecular flexibility index (Phi) is 18.2. The van der Waals surface area contributed by atoms with Gasteiger partial charge >= 0.3 is 18.0 Å². The van der Waals surface area contributed by atoms with E-state index in [9.17, 15) is 48.3 Å². The lowest BCUT2D eigenvalue weighted by atomic mass is 9.81. The van der Waals surface area contributed by atoms with Crippen LogP contribution >= 0.6 is 0 Å². The monoisotopic (exact) mass is 1100 g/mol. The largest absolute Gasteiger partial charge is 0.459 e. The van der Waals surface area contributed by atoms with Gasteiger partial charge in [-0.15, -0.1) is 0 Å². The molecule has 4 heterocycles. The highest BCUT2D eigenvalue weighted by Crippen LogP contribution is 2.46. The predicted octanol–water partition coefficient (Wildman–Crippen LogP) is 2.66. The molecule has 0 saturated heterocycles. The molecule has 4 aromatic rings. The lowest BCUT2D eigenvalue weighted by Crippen LogP contribution is -2.52. The average molecular weight is 1100 g/mol. The van der Waals surface area contributed by atoms with Crippen molar-refractivity contribution >= 4 is 58.5 Å². The molecule has 0 fully saturated rings. The topological polar surface area (TPSA) is 295 Å². The van der Waals surface area contributed by atoms with Gasteiger partial charge in [-0.25, -0.2) is 19.0 Å². The predicted molar refractivity (Wildman–Crippen MR) is 285 cm³/mol. The number of ether oxygens (including phenoxy) is 3. The van der Waals surface area contributed by atoms with Crippen LogP contribution in [0.1, 0.15) is 119 Å². The number of nitrogens with one attached hydrogen (secondary N) is 6. The average Bonchev–Trinajstić information content (AvgIpc) is 4.01. The molecule has 79 heavy (non-hydrogen) atoms. The first-order chi connectivity index (χ1) is 37.2. The van der Waals surface area contributed by atoms with Crippen molar-refractivity contribution in [1.29, 1.82) is 0 Å². The zero-order chi connectivity index (χ0) is 57.6. The van der Waals surface area contributed by atoms with E-state index in [2.05, 4.69) is 31.9 Å². The van der Waals surface area contributed by atoms with Crippen LogP contribution in [0.5, 0.6) is 0 Å². The zero-order valence-corrected chi connectivity index (χ0v) is 45.9. The van der Waals surface area contributed by atoms with Crippen LogP contribution in [0.25, 0.3) is 22.3 Å². The number of hydrogen-bond donors (Lipinski definition) is 7. The van der Waals surface area contributed by atoms with Gasteiger partial charge in [0.15, 0.2) is 5.60 Å². The number of nitrogens with zero attached hydrogens (tertiary/aromatic N) is 3. The summed E-state index contributed by atoms with van der Waals surface area (Å²) in [6.07, 6.45) is 0.396. The first kappa shape index (κ1) is 58.9. The van der Waals surface area contributed by atoms with Crippen LogP contribution in [-0.2, 0) is 79.4 Å². The molecule has 23 heteroatoms. The van der Waals surface area contributed by atoms with E-state index in [1.807, 2.05) is 0 Å². The third kappa shape index (κ3) is 14.5. The molecule has 2 aliphatic heterocycles. The molecule has 7 rings (SSSR count). The van der Waals surface area contributed by atoms with Gasteiger partial charge in [-0.2, -0.15) is 0 Å². The van der Waals surface area contributed by atoms with Crippen LogP contribution < -0.4 is 37.5 Å². The third-order valence-corrected chi connectivity index (χ3v) is 13.7. The molecule has 2 aromatic heterocycles. The highest BCUT2D eigenvalue weighted by atomic mass is 19.1. The van der Waals surface area contributed by atoms with E-state index >= 15 is 4.39 Å². The zero-order valence-electron chi connectivity index (χ0n) is 45.9. The van der Waals surface area contributed by atoms with E-state index in [1.165, 1.54) is 15.5 Å². The third-order valence-electron chi connectivity index (χ3n) is 13.7. The highest BCUT2D eigenvalue weighted by Gasteiger charge is 2.46. The first-order valence-electron chi connectivity index (χ1n) is 26.4. The number of aryl methyl sites for hydroxylation is 1. The molecular weight excluding hydrogens is 1030 g/mol. The van der Waals surface area contributed by atoms with E-state index in [0.717, 1.165) is 5.56 Å². The van der Waals surface area contributed by atoms with Crippen LogP contribution in [0.15, 0.2) is 47.3 Å². The molecular formula is C56H70FN9O13. The van der Waals surface area contributed by atoms with Gasteiger partial charge in [-0.1, -0.05) is 37.3 Å².